The Bertz CT molecular complexity index is 975. The van der Waals surface area contributed by atoms with Crippen molar-refractivity contribution >= 4 is 11.9 Å². The molecule has 0 aliphatic carbocycles. The van der Waals surface area contributed by atoms with Gasteiger partial charge in [-0.3, -0.25) is 0 Å². The van der Waals surface area contributed by atoms with E-state index in [1.165, 1.54) is 0 Å². The van der Waals surface area contributed by atoms with Gasteiger partial charge in [0.15, 0.2) is 0 Å². The molecule has 0 aromatic heterocycles. The summed E-state index contributed by atoms with van der Waals surface area (Å²) < 4.78 is 22.0. The first-order chi connectivity index (χ1) is 15.6. The number of para-hydroxylation sites is 2. The Balaban J connectivity index is 1.69. The highest BCUT2D eigenvalue weighted by Gasteiger charge is 2.20. The van der Waals surface area contributed by atoms with Crippen molar-refractivity contribution < 1.29 is 28.5 Å². The highest BCUT2D eigenvalue weighted by Crippen LogP contribution is 2.22. The molecule has 0 fully saturated rings. The largest absolute Gasteiger partial charge is 0.493 e. The second kappa shape index (κ2) is 11.6. The molecule has 0 unspecified atom stereocenters. The van der Waals surface area contributed by atoms with Gasteiger partial charge in [0.1, 0.15) is 24.7 Å². The van der Waals surface area contributed by atoms with E-state index >= 15 is 0 Å². The van der Waals surface area contributed by atoms with E-state index < -0.39 is 11.9 Å². The van der Waals surface area contributed by atoms with Gasteiger partial charge in [0, 0.05) is 11.1 Å². The fourth-order valence-electron chi connectivity index (χ4n) is 3.12. The molecule has 6 nitrogen and oxygen atoms in total. The van der Waals surface area contributed by atoms with Crippen LogP contribution in [0.4, 0.5) is 0 Å². The summed E-state index contributed by atoms with van der Waals surface area (Å²) >= 11 is 0. The average Bonchev–Trinajstić information content (AvgIpc) is 2.83. The predicted octanol–water partition coefficient (Wildman–Crippen LogP) is 5.20. The van der Waals surface area contributed by atoms with E-state index in [4.69, 9.17) is 18.9 Å². The normalized spacial score (nSPS) is 10.3. The Kier molecular flexibility index (Phi) is 8.26. The summed E-state index contributed by atoms with van der Waals surface area (Å²) in [6, 6.07) is 21.1. The minimum absolute atomic E-state index is 0.0279. The summed E-state index contributed by atoms with van der Waals surface area (Å²) in [5, 5.41) is 0. The average molecular weight is 434 g/mol. The monoisotopic (exact) mass is 434 g/mol. The van der Waals surface area contributed by atoms with E-state index in [0.29, 0.717) is 24.7 Å². The zero-order valence-corrected chi connectivity index (χ0v) is 18.2. The number of rotatable bonds is 10. The second-order valence-electron chi connectivity index (χ2n) is 6.78. The van der Waals surface area contributed by atoms with Crippen molar-refractivity contribution in [2.75, 3.05) is 13.2 Å². The molecule has 0 aliphatic heterocycles. The van der Waals surface area contributed by atoms with E-state index in [1.807, 2.05) is 62.4 Å². The highest BCUT2D eigenvalue weighted by molar-refractivity contribution is 6.03. The molecule has 0 atom stereocenters. The number of benzene rings is 3. The van der Waals surface area contributed by atoms with Crippen LogP contribution in [0.3, 0.4) is 0 Å². The number of esters is 2. The minimum atomic E-state index is -0.612. The molecule has 0 N–H and O–H groups in total. The number of carbonyl (C=O) groups is 2. The molecule has 0 saturated carbocycles. The van der Waals surface area contributed by atoms with Crippen molar-refractivity contribution in [3.63, 3.8) is 0 Å². The second-order valence-corrected chi connectivity index (χ2v) is 6.78. The van der Waals surface area contributed by atoms with E-state index in [9.17, 15) is 9.59 Å². The fraction of sp³-hybridized carbons (Fsp3) is 0.231. The van der Waals surface area contributed by atoms with Crippen LogP contribution >= 0.6 is 0 Å². The smallest absolute Gasteiger partial charge is 0.339 e. The summed E-state index contributed by atoms with van der Waals surface area (Å²) in [6.45, 7) is 4.84. The summed E-state index contributed by atoms with van der Waals surface area (Å²) in [7, 11) is 0. The predicted molar refractivity (Wildman–Crippen MR) is 120 cm³/mol. The van der Waals surface area contributed by atoms with Crippen LogP contribution in [0.5, 0.6) is 11.5 Å². The van der Waals surface area contributed by atoms with Crippen LogP contribution in [0.1, 0.15) is 45.7 Å². The molecule has 0 spiro atoms. The highest BCUT2D eigenvalue weighted by atomic mass is 16.5. The van der Waals surface area contributed by atoms with Gasteiger partial charge in [-0.05, 0) is 38.1 Å². The Labute approximate surface area is 187 Å². The SMILES string of the molecule is CCOc1ccccc1COC(=O)c1ccccc1C(=O)OCc1ccccc1OCC. The lowest BCUT2D eigenvalue weighted by Crippen LogP contribution is -2.14. The van der Waals surface area contributed by atoms with Crippen LogP contribution in [0.2, 0.25) is 0 Å². The maximum Gasteiger partial charge on any atom is 0.339 e. The van der Waals surface area contributed by atoms with Crippen molar-refractivity contribution in [2.24, 2.45) is 0 Å². The van der Waals surface area contributed by atoms with Crippen LogP contribution < -0.4 is 9.47 Å². The Morgan fingerprint density at radius 3 is 1.38 bits per heavy atom. The minimum Gasteiger partial charge on any atom is -0.493 e. The molecule has 0 aliphatic rings. The lowest BCUT2D eigenvalue weighted by molar-refractivity contribution is 0.0422. The molecule has 0 heterocycles. The summed E-state index contributed by atoms with van der Waals surface area (Å²) in [5.74, 6) is 0.0871. The molecule has 3 aromatic carbocycles. The standard InChI is InChI=1S/C26H26O6/c1-3-29-23-15-9-5-11-19(23)17-31-25(27)21-13-7-8-14-22(21)26(28)32-18-20-12-6-10-16-24(20)30-4-2/h5-16H,3-4,17-18H2,1-2H3. The van der Waals surface area contributed by atoms with Crippen LogP contribution in [-0.4, -0.2) is 25.2 Å². The number of carbonyl (C=O) groups excluding carboxylic acids is 2. The summed E-state index contributed by atoms with van der Waals surface area (Å²) in [5.41, 5.74) is 1.78. The summed E-state index contributed by atoms with van der Waals surface area (Å²) in [6.07, 6.45) is 0. The van der Waals surface area contributed by atoms with Gasteiger partial charge in [-0.2, -0.15) is 0 Å². The molecular formula is C26H26O6. The third-order valence-corrected chi connectivity index (χ3v) is 4.63. The van der Waals surface area contributed by atoms with E-state index in [-0.39, 0.29) is 24.3 Å². The Hall–Kier alpha value is -3.80. The molecule has 3 aromatic rings. The van der Waals surface area contributed by atoms with Crippen molar-refractivity contribution in [3.05, 3.63) is 95.1 Å². The lowest BCUT2D eigenvalue weighted by atomic mass is 10.1. The first-order valence-corrected chi connectivity index (χ1v) is 10.5. The van der Waals surface area contributed by atoms with Gasteiger partial charge < -0.3 is 18.9 Å². The van der Waals surface area contributed by atoms with Crippen molar-refractivity contribution in [1.82, 2.24) is 0 Å². The van der Waals surface area contributed by atoms with E-state index in [1.54, 1.807) is 24.3 Å². The van der Waals surface area contributed by atoms with Crippen molar-refractivity contribution in [2.45, 2.75) is 27.1 Å². The van der Waals surface area contributed by atoms with Crippen LogP contribution in [0.15, 0.2) is 72.8 Å². The number of hydrogen-bond acceptors (Lipinski definition) is 6. The quantitative estimate of drug-likeness (QED) is 0.409. The zero-order valence-electron chi connectivity index (χ0n) is 18.2. The Morgan fingerprint density at radius 1 is 0.594 bits per heavy atom. The van der Waals surface area contributed by atoms with Gasteiger partial charge in [-0.25, -0.2) is 9.59 Å². The maximum absolute atomic E-state index is 12.7. The molecule has 166 valence electrons. The maximum atomic E-state index is 12.7. The topological polar surface area (TPSA) is 71.1 Å². The molecule has 3 rings (SSSR count). The number of ether oxygens (including phenoxy) is 4. The van der Waals surface area contributed by atoms with Gasteiger partial charge in [-0.15, -0.1) is 0 Å². The molecule has 0 saturated heterocycles. The first-order valence-electron chi connectivity index (χ1n) is 10.5. The van der Waals surface area contributed by atoms with Gasteiger partial charge >= 0.3 is 11.9 Å². The van der Waals surface area contributed by atoms with Crippen LogP contribution in [-0.2, 0) is 22.7 Å². The van der Waals surface area contributed by atoms with Crippen LogP contribution in [0.25, 0.3) is 0 Å². The van der Waals surface area contributed by atoms with Crippen molar-refractivity contribution in [3.8, 4) is 11.5 Å². The van der Waals surface area contributed by atoms with E-state index in [2.05, 4.69) is 0 Å². The Morgan fingerprint density at radius 2 is 0.969 bits per heavy atom. The van der Waals surface area contributed by atoms with Gasteiger partial charge in [-0.1, -0.05) is 48.5 Å². The lowest BCUT2D eigenvalue weighted by Gasteiger charge is -2.13. The summed E-state index contributed by atoms with van der Waals surface area (Å²) in [4.78, 5) is 25.5. The van der Waals surface area contributed by atoms with Crippen LogP contribution in [0, 0.1) is 0 Å². The molecule has 0 radical (unpaired) electrons. The molecule has 6 heteroatoms. The zero-order chi connectivity index (χ0) is 22.8. The molecular weight excluding hydrogens is 408 g/mol. The van der Waals surface area contributed by atoms with Gasteiger partial charge in [0.25, 0.3) is 0 Å². The molecule has 0 bridgehead atoms. The third-order valence-electron chi connectivity index (χ3n) is 4.63. The first kappa shape index (κ1) is 22.9. The van der Waals surface area contributed by atoms with E-state index in [0.717, 1.165) is 11.1 Å². The van der Waals surface area contributed by atoms with Gasteiger partial charge in [0.05, 0.1) is 24.3 Å². The molecule has 0 amide bonds. The van der Waals surface area contributed by atoms with Crippen molar-refractivity contribution in [1.29, 1.82) is 0 Å². The van der Waals surface area contributed by atoms with Gasteiger partial charge in [0.2, 0.25) is 0 Å². The number of hydrogen-bond donors (Lipinski definition) is 0. The molecule has 32 heavy (non-hydrogen) atoms. The third kappa shape index (κ3) is 5.88. The fourth-order valence-corrected chi connectivity index (χ4v) is 3.12.